The molecule has 0 radical (unpaired) electrons. The molecule has 0 spiro atoms. The maximum Gasteiger partial charge on any atom is 0.135 e. The Bertz CT molecular complexity index is 729. The zero-order valence-electron chi connectivity index (χ0n) is 11.4. The molecule has 1 atom stereocenters. The zero-order valence-corrected chi connectivity index (χ0v) is 11.4. The number of fused-ring (bicyclic) bond motifs is 1. The molecule has 0 amide bonds. The molecule has 0 fully saturated rings. The third kappa shape index (κ3) is 2.38. The average molecular weight is 263 g/mol. The Labute approximate surface area is 118 Å². The van der Waals surface area contributed by atoms with E-state index in [1.54, 1.807) is 0 Å². The lowest BCUT2D eigenvalue weighted by Crippen LogP contribution is -2.06. The fraction of sp³-hybridized carbons (Fsp3) is 0.111. The lowest BCUT2D eigenvalue weighted by molar-refractivity contribution is 0.477. The van der Waals surface area contributed by atoms with Crippen LogP contribution in [0.3, 0.4) is 0 Å². The SMILES string of the molecule is C[C@H](N)c1ccccc1Oc1cccc2ccccc12. The highest BCUT2D eigenvalue weighted by molar-refractivity contribution is 5.88. The molecule has 2 heteroatoms. The predicted octanol–water partition coefficient (Wildman–Crippen LogP) is 4.65. The van der Waals surface area contributed by atoms with E-state index in [1.807, 2.05) is 55.5 Å². The molecule has 100 valence electrons. The van der Waals surface area contributed by atoms with Crippen molar-refractivity contribution in [3.8, 4) is 11.5 Å². The smallest absolute Gasteiger partial charge is 0.135 e. The molecule has 3 aromatic rings. The first-order chi connectivity index (χ1) is 9.75. The quantitative estimate of drug-likeness (QED) is 0.746. The predicted molar refractivity (Wildman–Crippen MR) is 83.1 cm³/mol. The molecule has 0 saturated carbocycles. The van der Waals surface area contributed by atoms with Crippen molar-refractivity contribution in [2.75, 3.05) is 0 Å². The van der Waals surface area contributed by atoms with Crippen molar-refractivity contribution in [3.05, 3.63) is 72.3 Å². The van der Waals surface area contributed by atoms with Gasteiger partial charge < -0.3 is 10.5 Å². The second kappa shape index (κ2) is 5.35. The van der Waals surface area contributed by atoms with E-state index in [9.17, 15) is 0 Å². The molecule has 0 aliphatic heterocycles. The maximum absolute atomic E-state index is 6.10. The summed E-state index contributed by atoms with van der Waals surface area (Å²) in [5.41, 5.74) is 7.02. The fourth-order valence-electron chi connectivity index (χ4n) is 2.35. The van der Waals surface area contributed by atoms with E-state index in [2.05, 4.69) is 18.2 Å². The highest BCUT2D eigenvalue weighted by Crippen LogP contribution is 2.33. The number of benzene rings is 3. The third-order valence-electron chi connectivity index (χ3n) is 3.38. The van der Waals surface area contributed by atoms with Gasteiger partial charge in [0.05, 0.1) is 0 Å². The Morgan fingerprint density at radius 1 is 0.800 bits per heavy atom. The molecular formula is C18H17NO. The summed E-state index contributed by atoms with van der Waals surface area (Å²) in [6.45, 7) is 1.96. The van der Waals surface area contributed by atoms with Crippen molar-refractivity contribution >= 4 is 10.8 Å². The molecule has 2 nitrogen and oxygen atoms in total. The molecular weight excluding hydrogens is 246 g/mol. The van der Waals surface area contributed by atoms with Crippen LogP contribution in [0.25, 0.3) is 10.8 Å². The summed E-state index contributed by atoms with van der Waals surface area (Å²) in [6, 6.07) is 22.1. The summed E-state index contributed by atoms with van der Waals surface area (Å²) in [5.74, 6) is 1.68. The van der Waals surface area contributed by atoms with Crippen LogP contribution in [0.5, 0.6) is 11.5 Å². The average Bonchev–Trinajstić information content (AvgIpc) is 2.48. The molecule has 0 bridgehead atoms. The first-order valence-corrected chi connectivity index (χ1v) is 6.76. The van der Waals surface area contributed by atoms with Crippen LogP contribution in [0.2, 0.25) is 0 Å². The van der Waals surface area contributed by atoms with Crippen LogP contribution in [-0.2, 0) is 0 Å². The summed E-state index contributed by atoms with van der Waals surface area (Å²) < 4.78 is 6.10. The van der Waals surface area contributed by atoms with Crippen LogP contribution in [0.15, 0.2) is 66.7 Å². The van der Waals surface area contributed by atoms with Crippen LogP contribution in [0.1, 0.15) is 18.5 Å². The summed E-state index contributed by atoms with van der Waals surface area (Å²) >= 11 is 0. The Morgan fingerprint density at radius 3 is 2.30 bits per heavy atom. The second-order valence-corrected chi connectivity index (χ2v) is 4.91. The third-order valence-corrected chi connectivity index (χ3v) is 3.38. The Morgan fingerprint density at radius 2 is 1.45 bits per heavy atom. The van der Waals surface area contributed by atoms with Gasteiger partial charge in [0, 0.05) is 17.0 Å². The van der Waals surface area contributed by atoms with E-state index in [0.29, 0.717) is 0 Å². The lowest BCUT2D eigenvalue weighted by Gasteiger charge is -2.14. The Balaban J connectivity index is 2.06. The van der Waals surface area contributed by atoms with E-state index < -0.39 is 0 Å². The van der Waals surface area contributed by atoms with Gasteiger partial charge in [-0.15, -0.1) is 0 Å². The minimum atomic E-state index is -0.0545. The van der Waals surface area contributed by atoms with Crippen molar-refractivity contribution in [2.45, 2.75) is 13.0 Å². The highest BCUT2D eigenvalue weighted by atomic mass is 16.5. The van der Waals surface area contributed by atoms with Crippen LogP contribution in [0, 0.1) is 0 Å². The first-order valence-electron chi connectivity index (χ1n) is 6.76. The fourth-order valence-corrected chi connectivity index (χ4v) is 2.35. The number of rotatable bonds is 3. The normalized spacial score (nSPS) is 12.3. The number of hydrogen-bond acceptors (Lipinski definition) is 2. The molecule has 3 aromatic carbocycles. The first kappa shape index (κ1) is 12.7. The van der Waals surface area contributed by atoms with E-state index in [1.165, 1.54) is 5.39 Å². The van der Waals surface area contributed by atoms with Gasteiger partial charge in [-0.1, -0.05) is 54.6 Å². The number of hydrogen-bond donors (Lipinski definition) is 1. The molecule has 0 aromatic heterocycles. The van der Waals surface area contributed by atoms with Gasteiger partial charge in [-0.3, -0.25) is 0 Å². The Kier molecular flexibility index (Phi) is 3.40. The van der Waals surface area contributed by atoms with Crippen molar-refractivity contribution < 1.29 is 4.74 Å². The maximum atomic E-state index is 6.10. The van der Waals surface area contributed by atoms with E-state index in [4.69, 9.17) is 10.5 Å². The van der Waals surface area contributed by atoms with Crippen LogP contribution >= 0.6 is 0 Å². The van der Waals surface area contributed by atoms with Gasteiger partial charge in [-0.2, -0.15) is 0 Å². The number of para-hydroxylation sites is 1. The van der Waals surface area contributed by atoms with Gasteiger partial charge in [-0.25, -0.2) is 0 Å². The largest absolute Gasteiger partial charge is 0.456 e. The van der Waals surface area contributed by atoms with Gasteiger partial charge in [0.25, 0.3) is 0 Å². The molecule has 0 heterocycles. The number of nitrogens with two attached hydrogens (primary N) is 1. The minimum absolute atomic E-state index is 0.0545. The summed E-state index contributed by atoms with van der Waals surface area (Å²) in [7, 11) is 0. The van der Waals surface area contributed by atoms with Crippen LogP contribution in [0.4, 0.5) is 0 Å². The lowest BCUT2D eigenvalue weighted by atomic mass is 10.1. The highest BCUT2D eigenvalue weighted by Gasteiger charge is 2.09. The molecule has 0 saturated heterocycles. The van der Waals surface area contributed by atoms with Gasteiger partial charge in [-0.05, 0) is 24.4 Å². The minimum Gasteiger partial charge on any atom is -0.456 e. The standard InChI is InChI=1S/C18H17NO/c1-13(19)15-9-4-5-11-17(15)20-18-12-6-8-14-7-2-3-10-16(14)18/h2-13H,19H2,1H3/t13-/m0/s1. The van der Waals surface area contributed by atoms with Gasteiger partial charge >= 0.3 is 0 Å². The van der Waals surface area contributed by atoms with Gasteiger partial charge in [0.1, 0.15) is 11.5 Å². The molecule has 2 N–H and O–H groups in total. The number of ether oxygens (including phenoxy) is 1. The van der Waals surface area contributed by atoms with Crippen molar-refractivity contribution in [1.82, 2.24) is 0 Å². The Hall–Kier alpha value is -2.32. The molecule has 0 unspecified atom stereocenters. The van der Waals surface area contributed by atoms with Crippen LogP contribution < -0.4 is 10.5 Å². The van der Waals surface area contributed by atoms with Crippen LogP contribution in [-0.4, -0.2) is 0 Å². The van der Waals surface area contributed by atoms with Crippen molar-refractivity contribution in [3.63, 3.8) is 0 Å². The molecule has 0 aliphatic carbocycles. The molecule has 0 aliphatic rings. The van der Waals surface area contributed by atoms with Crippen molar-refractivity contribution in [1.29, 1.82) is 0 Å². The van der Waals surface area contributed by atoms with Gasteiger partial charge in [0.2, 0.25) is 0 Å². The van der Waals surface area contributed by atoms with Gasteiger partial charge in [0.15, 0.2) is 0 Å². The van der Waals surface area contributed by atoms with Crippen molar-refractivity contribution in [2.24, 2.45) is 5.73 Å². The summed E-state index contributed by atoms with van der Waals surface area (Å²) in [6.07, 6.45) is 0. The van der Waals surface area contributed by atoms with E-state index in [-0.39, 0.29) is 6.04 Å². The molecule has 20 heavy (non-hydrogen) atoms. The van der Waals surface area contributed by atoms with E-state index >= 15 is 0 Å². The topological polar surface area (TPSA) is 35.2 Å². The van der Waals surface area contributed by atoms with E-state index in [0.717, 1.165) is 22.4 Å². The zero-order chi connectivity index (χ0) is 13.9. The molecule has 3 rings (SSSR count). The summed E-state index contributed by atoms with van der Waals surface area (Å²) in [4.78, 5) is 0. The summed E-state index contributed by atoms with van der Waals surface area (Å²) in [5, 5.41) is 2.28. The monoisotopic (exact) mass is 263 g/mol. The second-order valence-electron chi connectivity index (χ2n) is 4.91.